The molecular formula is C27H34ClF3N4O4. The molecular weight excluding hydrogens is 537 g/mol. The topological polar surface area (TPSA) is 68.5 Å². The largest absolute Gasteiger partial charge is 0.483 e. The van der Waals surface area contributed by atoms with E-state index in [9.17, 15) is 18.0 Å². The summed E-state index contributed by atoms with van der Waals surface area (Å²) in [5, 5.41) is 5.24. The third-order valence-electron chi connectivity index (χ3n) is 7.95. The molecule has 39 heavy (non-hydrogen) atoms. The molecule has 0 radical (unpaired) electrons. The van der Waals surface area contributed by atoms with E-state index in [4.69, 9.17) is 25.9 Å². The van der Waals surface area contributed by atoms with Gasteiger partial charge in [-0.1, -0.05) is 16.8 Å². The van der Waals surface area contributed by atoms with Gasteiger partial charge in [0.2, 0.25) is 0 Å². The smallest absolute Gasteiger partial charge is 0.422 e. The molecule has 0 amide bonds. The van der Waals surface area contributed by atoms with E-state index in [2.05, 4.69) is 15.0 Å². The van der Waals surface area contributed by atoms with Crippen LogP contribution in [0.2, 0.25) is 5.02 Å². The van der Waals surface area contributed by atoms with Gasteiger partial charge >= 0.3 is 12.1 Å². The normalized spacial score (nSPS) is 20.6. The van der Waals surface area contributed by atoms with Crippen molar-refractivity contribution in [2.24, 2.45) is 10.6 Å². The van der Waals surface area contributed by atoms with Gasteiger partial charge in [0.25, 0.3) is 0 Å². The molecule has 3 aliphatic heterocycles. The molecule has 214 valence electrons. The van der Waals surface area contributed by atoms with Crippen LogP contribution in [0.25, 0.3) is 10.9 Å². The summed E-state index contributed by atoms with van der Waals surface area (Å²) in [6, 6.07) is 3.61. The summed E-state index contributed by atoms with van der Waals surface area (Å²) >= 11 is 6.36. The fourth-order valence-electron chi connectivity index (χ4n) is 5.77. The summed E-state index contributed by atoms with van der Waals surface area (Å²) in [4.78, 5) is 22.6. The molecule has 2 aromatic rings. The van der Waals surface area contributed by atoms with Crippen molar-refractivity contribution in [1.82, 2.24) is 14.4 Å². The summed E-state index contributed by atoms with van der Waals surface area (Å²) in [5.41, 5.74) is 0.718. The number of benzene rings is 1. The minimum atomic E-state index is -4.45. The Morgan fingerprint density at radius 1 is 1.21 bits per heavy atom. The molecule has 5 rings (SSSR count). The maximum absolute atomic E-state index is 12.9. The van der Waals surface area contributed by atoms with Gasteiger partial charge in [0.1, 0.15) is 11.6 Å². The van der Waals surface area contributed by atoms with Crippen molar-refractivity contribution in [3.8, 4) is 5.75 Å². The fraction of sp³-hybridized carbons (Fsp3) is 0.630. The molecule has 0 atom stereocenters. The average Bonchev–Trinajstić information content (AvgIpc) is 3.44. The number of aryl methyl sites for hydroxylation is 1. The minimum absolute atomic E-state index is 0.134. The Kier molecular flexibility index (Phi) is 7.43. The third kappa shape index (κ3) is 5.66. The zero-order valence-corrected chi connectivity index (χ0v) is 23.2. The molecule has 1 aromatic heterocycles. The van der Waals surface area contributed by atoms with Crippen LogP contribution in [0.3, 0.4) is 0 Å². The van der Waals surface area contributed by atoms with Crippen molar-refractivity contribution in [3.05, 3.63) is 28.9 Å². The number of alkyl halides is 3. The standard InChI is InChI=1S/C27H34ClF3N4O4/c1-4-34-14-19(28)23-20(34)10-18(11-21(23)38-17-27(29,30)31)13-33-15-26(16-33)12-22(32-39-26)35-8-6-25(3,7-9-35)24(36)37-5-2/h10-11,14H,4-9,12-13,15-17H2,1-3H3. The van der Waals surface area contributed by atoms with Gasteiger partial charge in [-0.2, -0.15) is 13.2 Å². The number of rotatable bonds is 7. The minimum Gasteiger partial charge on any atom is -0.483 e. The van der Waals surface area contributed by atoms with Crippen LogP contribution < -0.4 is 4.74 Å². The fourth-order valence-corrected chi connectivity index (χ4v) is 6.08. The van der Waals surface area contributed by atoms with Gasteiger partial charge < -0.3 is 23.8 Å². The third-order valence-corrected chi connectivity index (χ3v) is 8.23. The lowest BCUT2D eigenvalue weighted by Crippen LogP contribution is -2.61. The van der Waals surface area contributed by atoms with Gasteiger partial charge in [-0.15, -0.1) is 0 Å². The molecule has 3 aliphatic rings. The second-order valence-electron chi connectivity index (χ2n) is 11.0. The highest BCUT2D eigenvalue weighted by molar-refractivity contribution is 6.36. The number of piperidine rings is 1. The van der Waals surface area contributed by atoms with Gasteiger partial charge in [0.15, 0.2) is 12.2 Å². The van der Waals surface area contributed by atoms with E-state index in [0.717, 1.165) is 30.0 Å². The molecule has 0 aliphatic carbocycles. The summed E-state index contributed by atoms with van der Waals surface area (Å²) in [5.74, 6) is 0.897. The molecule has 4 heterocycles. The molecule has 12 heteroatoms. The zero-order chi connectivity index (χ0) is 28.0. The van der Waals surface area contributed by atoms with Crippen LogP contribution in [-0.4, -0.2) is 77.3 Å². The van der Waals surface area contributed by atoms with E-state index < -0.39 is 23.8 Å². The number of ether oxygens (including phenoxy) is 2. The average molecular weight is 571 g/mol. The summed E-state index contributed by atoms with van der Waals surface area (Å²) < 4.78 is 51.1. The highest BCUT2D eigenvalue weighted by Crippen LogP contribution is 2.40. The van der Waals surface area contributed by atoms with Crippen molar-refractivity contribution in [3.63, 3.8) is 0 Å². The Labute approximate surface area is 230 Å². The van der Waals surface area contributed by atoms with E-state index in [1.54, 1.807) is 12.3 Å². The number of carbonyl (C=O) groups is 1. The summed E-state index contributed by atoms with van der Waals surface area (Å²) in [7, 11) is 0. The van der Waals surface area contributed by atoms with Gasteiger partial charge in [-0.05, 0) is 51.3 Å². The number of likely N-dealkylation sites (tertiary alicyclic amines) is 2. The maximum atomic E-state index is 12.9. The van der Waals surface area contributed by atoms with E-state index in [0.29, 0.717) is 62.5 Å². The molecule has 2 fully saturated rings. The zero-order valence-electron chi connectivity index (χ0n) is 22.4. The van der Waals surface area contributed by atoms with E-state index in [-0.39, 0.29) is 11.7 Å². The molecule has 0 bridgehead atoms. The molecule has 0 unspecified atom stereocenters. The Morgan fingerprint density at radius 3 is 2.56 bits per heavy atom. The molecule has 2 saturated heterocycles. The van der Waals surface area contributed by atoms with Crippen molar-refractivity contribution in [2.45, 2.75) is 64.9 Å². The lowest BCUT2D eigenvalue weighted by molar-refractivity contribution is -0.156. The van der Waals surface area contributed by atoms with Crippen LogP contribution in [0.5, 0.6) is 5.75 Å². The number of nitrogens with zero attached hydrogens (tertiary/aromatic N) is 4. The number of amidine groups is 1. The summed E-state index contributed by atoms with van der Waals surface area (Å²) in [6.07, 6.45) is -0.637. The second-order valence-corrected chi connectivity index (χ2v) is 11.4. The van der Waals surface area contributed by atoms with E-state index >= 15 is 0 Å². The summed E-state index contributed by atoms with van der Waals surface area (Å²) in [6.45, 7) is 8.64. The van der Waals surface area contributed by atoms with Crippen molar-refractivity contribution in [1.29, 1.82) is 0 Å². The molecule has 0 saturated carbocycles. The first-order valence-corrected chi connectivity index (χ1v) is 13.7. The number of halogens is 4. The number of oxime groups is 1. The molecule has 1 aromatic carbocycles. The maximum Gasteiger partial charge on any atom is 0.422 e. The molecule has 1 spiro atoms. The first-order chi connectivity index (χ1) is 18.4. The van der Waals surface area contributed by atoms with Crippen LogP contribution in [0.1, 0.15) is 45.6 Å². The van der Waals surface area contributed by atoms with Gasteiger partial charge in [-0.25, -0.2) is 0 Å². The monoisotopic (exact) mass is 570 g/mol. The van der Waals surface area contributed by atoms with Gasteiger partial charge in [0.05, 0.1) is 34.4 Å². The first-order valence-electron chi connectivity index (χ1n) is 13.3. The van der Waals surface area contributed by atoms with Gasteiger partial charge in [-0.3, -0.25) is 9.69 Å². The van der Waals surface area contributed by atoms with Crippen LogP contribution in [0.4, 0.5) is 13.2 Å². The van der Waals surface area contributed by atoms with E-state index in [1.807, 2.05) is 31.4 Å². The van der Waals surface area contributed by atoms with Crippen LogP contribution in [0.15, 0.2) is 23.5 Å². The van der Waals surface area contributed by atoms with Crippen LogP contribution >= 0.6 is 11.6 Å². The van der Waals surface area contributed by atoms with Crippen LogP contribution in [0, 0.1) is 5.41 Å². The predicted octanol–water partition coefficient (Wildman–Crippen LogP) is 5.21. The highest BCUT2D eigenvalue weighted by atomic mass is 35.5. The van der Waals surface area contributed by atoms with E-state index in [1.165, 1.54) is 0 Å². The predicted molar refractivity (Wildman–Crippen MR) is 141 cm³/mol. The molecule has 8 nitrogen and oxygen atoms in total. The Hall–Kier alpha value is -2.66. The Bertz CT molecular complexity index is 1260. The number of hydrogen-bond acceptors (Lipinski definition) is 7. The Morgan fingerprint density at radius 2 is 1.92 bits per heavy atom. The van der Waals surface area contributed by atoms with Crippen LogP contribution in [-0.2, 0) is 27.5 Å². The van der Waals surface area contributed by atoms with Crippen molar-refractivity contribution in [2.75, 3.05) is 39.4 Å². The van der Waals surface area contributed by atoms with Crippen molar-refractivity contribution < 1.29 is 32.3 Å². The second kappa shape index (κ2) is 10.4. The SMILES string of the molecule is CCOC(=O)C1(C)CCN(C2=NOC3(C2)CN(Cc2cc(OCC(F)(F)F)c4c(Cl)cn(CC)c4c2)C3)CC1. The Balaban J connectivity index is 1.21. The number of carbonyl (C=O) groups excluding carboxylic acids is 1. The lowest BCUT2D eigenvalue weighted by Gasteiger charge is -2.45. The molecule has 0 N–H and O–H groups in total. The number of hydrogen-bond donors (Lipinski definition) is 0. The lowest BCUT2D eigenvalue weighted by atomic mass is 9.80. The first kappa shape index (κ1) is 27.9. The number of esters is 1. The quantitative estimate of drug-likeness (QED) is 0.426. The number of fused-ring (bicyclic) bond motifs is 1. The number of aromatic nitrogens is 1. The van der Waals surface area contributed by atoms with Crippen molar-refractivity contribution >= 4 is 34.3 Å². The van der Waals surface area contributed by atoms with Gasteiger partial charge in [0, 0.05) is 45.5 Å². The highest BCUT2D eigenvalue weighted by Gasteiger charge is 2.51.